The predicted octanol–water partition coefficient (Wildman–Crippen LogP) is 2.92. The molecule has 0 radical (unpaired) electrons. The number of benzene rings is 2. The minimum absolute atomic E-state index is 0.179. The van der Waals surface area contributed by atoms with Crippen LogP contribution in [0.3, 0.4) is 0 Å². The van der Waals surface area contributed by atoms with Gasteiger partial charge < -0.3 is 19.3 Å². The van der Waals surface area contributed by atoms with E-state index >= 15 is 0 Å². The fourth-order valence-corrected chi connectivity index (χ4v) is 4.18. The van der Waals surface area contributed by atoms with Gasteiger partial charge in [0.2, 0.25) is 0 Å². The summed E-state index contributed by atoms with van der Waals surface area (Å²) in [5.74, 6) is 1.63. The first-order chi connectivity index (χ1) is 16.4. The second kappa shape index (κ2) is 11.0. The molecule has 0 bridgehead atoms. The van der Waals surface area contributed by atoms with Crippen LogP contribution in [0.1, 0.15) is 22.3 Å². The summed E-state index contributed by atoms with van der Waals surface area (Å²) < 4.78 is 19.5. The van der Waals surface area contributed by atoms with E-state index in [1.165, 1.54) is 11.9 Å². The average Bonchev–Trinajstić information content (AvgIpc) is 3.25. The van der Waals surface area contributed by atoms with E-state index in [1.807, 2.05) is 31.2 Å². The van der Waals surface area contributed by atoms with Crippen molar-refractivity contribution >= 4 is 0 Å². The summed E-state index contributed by atoms with van der Waals surface area (Å²) in [6, 6.07) is 12.2. The monoisotopic (exact) mass is 466 g/mol. The number of β-amino-alcohol motifs (C(OH)–C–C–N with tert-alkyl or cyclic N) is 1. The van der Waals surface area contributed by atoms with Gasteiger partial charge in [-0.2, -0.15) is 5.10 Å². The van der Waals surface area contributed by atoms with Crippen LogP contribution >= 0.6 is 0 Å². The van der Waals surface area contributed by atoms with Gasteiger partial charge in [-0.25, -0.2) is 9.67 Å². The molecular weight excluding hydrogens is 432 g/mol. The lowest BCUT2D eigenvalue weighted by molar-refractivity contribution is -0.0647. The van der Waals surface area contributed by atoms with E-state index in [-0.39, 0.29) is 13.2 Å². The summed E-state index contributed by atoms with van der Waals surface area (Å²) in [5.41, 5.74) is 3.46. The lowest BCUT2D eigenvalue weighted by Gasteiger charge is -2.31. The van der Waals surface area contributed by atoms with Crippen molar-refractivity contribution in [3.8, 4) is 11.5 Å². The van der Waals surface area contributed by atoms with Crippen molar-refractivity contribution in [3.63, 3.8) is 0 Å². The number of aromatic nitrogens is 3. The van der Waals surface area contributed by atoms with Crippen LogP contribution in [-0.2, 0) is 17.8 Å². The molecule has 0 spiro atoms. The lowest BCUT2D eigenvalue weighted by atomic mass is 10.0. The third-order valence-corrected chi connectivity index (χ3v) is 6.06. The molecule has 0 aliphatic carbocycles. The Hall–Kier alpha value is -2.94. The summed E-state index contributed by atoms with van der Waals surface area (Å²) in [5, 5.41) is 15.4. The quantitative estimate of drug-likeness (QED) is 0.519. The fourth-order valence-electron chi connectivity index (χ4n) is 4.18. The van der Waals surface area contributed by atoms with Crippen LogP contribution in [0, 0.1) is 20.8 Å². The third kappa shape index (κ3) is 6.56. The van der Waals surface area contributed by atoms with Gasteiger partial charge in [0.15, 0.2) is 0 Å². The first kappa shape index (κ1) is 24.2. The second-order valence-corrected chi connectivity index (χ2v) is 9.14. The molecule has 1 saturated heterocycles. The lowest BCUT2D eigenvalue weighted by Crippen LogP contribution is -2.48. The number of ether oxygens (including phenoxy) is 3. The molecule has 8 heteroatoms. The normalized spacial score (nSPS) is 19.1. The van der Waals surface area contributed by atoms with E-state index < -0.39 is 5.60 Å². The zero-order valence-electron chi connectivity index (χ0n) is 20.2. The summed E-state index contributed by atoms with van der Waals surface area (Å²) in [7, 11) is 0. The van der Waals surface area contributed by atoms with E-state index in [9.17, 15) is 5.11 Å². The molecule has 1 fully saturated rings. The molecule has 0 saturated carbocycles. The highest BCUT2D eigenvalue weighted by atomic mass is 16.5. The molecule has 1 aliphatic rings. The highest BCUT2D eigenvalue weighted by molar-refractivity contribution is 5.42. The smallest absolute Gasteiger partial charge is 0.137 e. The molecule has 8 nitrogen and oxygen atoms in total. The molecule has 0 amide bonds. The van der Waals surface area contributed by atoms with E-state index in [1.54, 1.807) is 11.0 Å². The Morgan fingerprint density at radius 2 is 2.03 bits per heavy atom. The molecule has 0 unspecified atom stereocenters. The first-order valence-corrected chi connectivity index (χ1v) is 11.7. The number of aliphatic hydroxyl groups is 1. The summed E-state index contributed by atoms with van der Waals surface area (Å²) >= 11 is 0. The molecule has 1 atom stereocenters. The zero-order chi connectivity index (χ0) is 24.0. The SMILES string of the molecule is Cc1cc(C)c(C)c(OC[C@]2(O)COCCN(Cc3cccc(OCCn4cncn4)c3)C2)c1. The van der Waals surface area contributed by atoms with E-state index in [0.29, 0.717) is 32.8 Å². The summed E-state index contributed by atoms with van der Waals surface area (Å²) in [6.45, 7) is 10.2. The van der Waals surface area contributed by atoms with Crippen molar-refractivity contribution in [1.82, 2.24) is 19.7 Å². The van der Waals surface area contributed by atoms with Gasteiger partial charge in [-0.3, -0.25) is 4.90 Å². The minimum Gasteiger partial charge on any atom is -0.492 e. The van der Waals surface area contributed by atoms with Gasteiger partial charge in [0.25, 0.3) is 0 Å². The van der Waals surface area contributed by atoms with Crippen molar-refractivity contribution in [1.29, 1.82) is 0 Å². The van der Waals surface area contributed by atoms with Crippen LogP contribution in [0.25, 0.3) is 0 Å². The third-order valence-electron chi connectivity index (χ3n) is 6.06. The number of rotatable bonds is 9. The standard InChI is InChI=1S/C26H34N4O4/c1-20-11-21(2)22(3)25(12-20)34-17-26(31)15-29(7-9-32-16-26)14-23-5-4-6-24(13-23)33-10-8-30-19-27-18-28-30/h4-6,11-13,18-19,31H,7-10,14-17H2,1-3H3/t26-/m1/s1. The van der Waals surface area contributed by atoms with Gasteiger partial charge in [-0.1, -0.05) is 18.2 Å². The molecular formula is C26H34N4O4. The maximum absolute atomic E-state index is 11.3. The Labute approximate surface area is 201 Å². The topological polar surface area (TPSA) is 81.9 Å². The van der Waals surface area contributed by atoms with Crippen LogP contribution in [0.5, 0.6) is 11.5 Å². The van der Waals surface area contributed by atoms with Gasteiger partial charge >= 0.3 is 0 Å². The highest BCUT2D eigenvalue weighted by Crippen LogP contribution is 2.25. The van der Waals surface area contributed by atoms with Crippen LogP contribution in [-0.4, -0.2) is 69.9 Å². The molecule has 1 aliphatic heterocycles. The molecule has 34 heavy (non-hydrogen) atoms. The van der Waals surface area contributed by atoms with Crippen molar-refractivity contribution < 1.29 is 19.3 Å². The molecule has 2 aromatic carbocycles. The van der Waals surface area contributed by atoms with Crippen LogP contribution in [0.15, 0.2) is 49.1 Å². The number of hydrogen-bond acceptors (Lipinski definition) is 7. The van der Waals surface area contributed by atoms with Crippen molar-refractivity contribution in [3.05, 3.63) is 71.3 Å². The zero-order valence-corrected chi connectivity index (χ0v) is 20.2. The van der Waals surface area contributed by atoms with Gasteiger partial charge in [0.05, 0.1) is 19.8 Å². The highest BCUT2D eigenvalue weighted by Gasteiger charge is 2.33. The molecule has 1 N–H and O–H groups in total. The van der Waals surface area contributed by atoms with Gasteiger partial charge in [0.1, 0.15) is 43.0 Å². The molecule has 182 valence electrons. The van der Waals surface area contributed by atoms with Crippen LogP contribution in [0.4, 0.5) is 0 Å². The number of aryl methyl sites for hydroxylation is 2. The summed E-state index contributed by atoms with van der Waals surface area (Å²) in [6.07, 6.45) is 3.19. The summed E-state index contributed by atoms with van der Waals surface area (Å²) in [4.78, 5) is 6.15. The average molecular weight is 467 g/mol. The Morgan fingerprint density at radius 1 is 1.15 bits per heavy atom. The Morgan fingerprint density at radius 3 is 2.85 bits per heavy atom. The molecule has 4 rings (SSSR count). The number of hydrogen-bond donors (Lipinski definition) is 1. The van der Waals surface area contributed by atoms with E-state index in [2.05, 4.69) is 41.0 Å². The van der Waals surface area contributed by atoms with Gasteiger partial charge in [-0.05, 0) is 61.2 Å². The molecule has 3 aromatic rings. The van der Waals surface area contributed by atoms with E-state index in [0.717, 1.165) is 34.7 Å². The predicted molar refractivity (Wildman–Crippen MR) is 129 cm³/mol. The Balaban J connectivity index is 1.35. The van der Waals surface area contributed by atoms with Crippen molar-refractivity contribution in [2.45, 2.75) is 39.5 Å². The van der Waals surface area contributed by atoms with Crippen LogP contribution < -0.4 is 9.47 Å². The van der Waals surface area contributed by atoms with Crippen LogP contribution in [0.2, 0.25) is 0 Å². The Kier molecular flexibility index (Phi) is 7.82. The maximum atomic E-state index is 11.3. The van der Waals surface area contributed by atoms with Crippen molar-refractivity contribution in [2.24, 2.45) is 0 Å². The molecule has 2 heterocycles. The minimum atomic E-state index is -1.09. The largest absolute Gasteiger partial charge is 0.492 e. The van der Waals surface area contributed by atoms with Crippen molar-refractivity contribution in [2.75, 3.05) is 39.5 Å². The Bertz CT molecular complexity index is 1070. The van der Waals surface area contributed by atoms with Gasteiger partial charge in [0, 0.05) is 19.6 Å². The van der Waals surface area contributed by atoms with Gasteiger partial charge in [-0.15, -0.1) is 0 Å². The fraction of sp³-hybridized carbons (Fsp3) is 0.462. The molecule has 1 aromatic heterocycles. The maximum Gasteiger partial charge on any atom is 0.137 e. The first-order valence-electron chi connectivity index (χ1n) is 11.7. The number of nitrogens with zero attached hydrogens (tertiary/aromatic N) is 4. The van der Waals surface area contributed by atoms with E-state index in [4.69, 9.17) is 14.2 Å². The second-order valence-electron chi connectivity index (χ2n) is 9.14.